The maximum Gasteiger partial charge on any atom is 0.306 e. The summed E-state index contributed by atoms with van der Waals surface area (Å²) in [5, 5.41) is 9.26. The largest absolute Gasteiger partial charge is 0.496 e. The van der Waals surface area contributed by atoms with Gasteiger partial charge in [0, 0.05) is 5.56 Å². The van der Waals surface area contributed by atoms with E-state index in [2.05, 4.69) is 11.0 Å². The maximum atomic E-state index is 14.0. The quantitative estimate of drug-likeness (QED) is 0.878. The molecule has 0 spiro atoms. The molecule has 3 rings (SSSR count). The normalized spacial score (nSPS) is 17.0. The summed E-state index contributed by atoms with van der Waals surface area (Å²) in [6.07, 6.45) is 1.19. The zero-order valence-electron chi connectivity index (χ0n) is 15.1. The third kappa shape index (κ3) is 3.88. The van der Waals surface area contributed by atoms with Crippen LogP contribution in [0.2, 0.25) is 0 Å². The molecule has 1 aliphatic heterocycles. The highest BCUT2D eigenvalue weighted by Crippen LogP contribution is 2.37. The molecule has 1 N–H and O–H groups in total. The molecule has 0 aromatic heterocycles. The summed E-state index contributed by atoms with van der Waals surface area (Å²) >= 11 is 0. The van der Waals surface area contributed by atoms with Crippen molar-refractivity contribution < 1.29 is 19.0 Å². The minimum absolute atomic E-state index is 0.171. The van der Waals surface area contributed by atoms with Crippen LogP contribution >= 0.6 is 0 Å². The minimum atomic E-state index is -0.736. The van der Waals surface area contributed by atoms with Crippen molar-refractivity contribution in [2.45, 2.75) is 25.8 Å². The molecule has 1 heterocycles. The summed E-state index contributed by atoms with van der Waals surface area (Å²) in [5.41, 5.74) is 2.96. The van der Waals surface area contributed by atoms with Crippen molar-refractivity contribution in [3.8, 4) is 5.75 Å². The highest BCUT2D eigenvalue weighted by atomic mass is 19.1. The molecule has 0 aliphatic carbocycles. The molecule has 1 saturated heterocycles. The molecule has 1 aliphatic rings. The van der Waals surface area contributed by atoms with Gasteiger partial charge in [0.25, 0.3) is 0 Å². The molecule has 26 heavy (non-hydrogen) atoms. The van der Waals surface area contributed by atoms with Crippen LogP contribution in [0.4, 0.5) is 4.39 Å². The van der Waals surface area contributed by atoms with Crippen LogP contribution in [0, 0.1) is 18.7 Å². The Balaban J connectivity index is 2.01. The van der Waals surface area contributed by atoms with Crippen molar-refractivity contribution in [2.75, 3.05) is 20.2 Å². The molecule has 1 atom stereocenters. The molecule has 2 aromatic rings. The van der Waals surface area contributed by atoms with Gasteiger partial charge >= 0.3 is 5.97 Å². The predicted octanol–water partition coefficient (Wildman–Crippen LogP) is 4.03. The predicted molar refractivity (Wildman–Crippen MR) is 97.9 cm³/mol. The number of hydrogen-bond acceptors (Lipinski definition) is 3. The van der Waals surface area contributed by atoms with Gasteiger partial charge in [-0.1, -0.05) is 29.8 Å². The van der Waals surface area contributed by atoms with Crippen LogP contribution in [-0.4, -0.2) is 36.2 Å². The summed E-state index contributed by atoms with van der Waals surface area (Å²) in [7, 11) is 1.58. The van der Waals surface area contributed by atoms with E-state index in [-0.39, 0.29) is 17.8 Å². The first-order valence-corrected chi connectivity index (χ1v) is 8.86. The molecule has 0 amide bonds. The van der Waals surface area contributed by atoms with Crippen LogP contribution in [-0.2, 0) is 4.79 Å². The van der Waals surface area contributed by atoms with Gasteiger partial charge in [-0.15, -0.1) is 0 Å². The van der Waals surface area contributed by atoms with Gasteiger partial charge in [-0.2, -0.15) is 0 Å². The number of ether oxygens (including phenoxy) is 1. The molecule has 0 bridgehead atoms. The number of methoxy groups -OCH3 is 1. The molecule has 4 nitrogen and oxygen atoms in total. The number of benzene rings is 2. The SMILES string of the molecule is COc1ccc(F)cc1C(c1cccc(C)c1)N1CCC(C(=O)O)CC1. The number of carboxylic acid groups (broad SMARTS) is 1. The zero-order chi connectivity index (χ0) is 18.7. The highest BCUT2D eigenvalue weighted by molar-refractivity contribution is 5.70. The van der Waals surface area contributed by atoms with E-state index in [0.29, 0.717) is 31.7 Å². The smallest absolute Gasteiger partial charge is 0.306 e. The van der Waals surface area contributed by atoms with Crippen molar-refractivity contribution in [3.63, 3.8) is 0 Å². The molecular formula is C21H24FNO3. The molecule has 138 valence electrons. The molecule has 0 radical (unpaired) electrons. The van der Waals surface area contributed by atoms with Crippen LogP contribution in [0.1, 0.15) is 35.6 Å². The van der Waals surface area contributed by atoms with Gasteiger partial charge in [0.05, 0.1) is 19.1 Å². The lowest BCUT2D eigenvalue weighted by Crippen LogP contribution is -2.39. The Morgan fingerprint density at radius 3 is 2.58 bits per heavy atom. The number of likely N-dealkylation sites (tertiary alicyclic amines) is 1. The summed E-state index contributed by atoms with van der Waals surface area (Å²) < 4.78 is 19.5. The van der Waals surface area contributed by atoms with Crippen LogP contribution in [0.25, 0.3) is 0 Å². The second kappa shape index (κ2) is 7.87. The number of nitrogens with zero attached hydrogens (tertiary/aromatic N) is 1. The lowest BCUT2D eigenvalue weighted by molar-refractivity contribution is -0.143. The molecular weight excluding hydrogens is 333 g/mol. The maximum absolute atomic E-state index is 14.0. The van der Waals surface area contributed by atoms with Gasteiger partial charge in [-0.3, -0.25) is 9.69 Å². The summed E-state index contributed by atoms with van der Waals surface area (Å²) in [6, 6.07) is 12.5. The number of piperidine rings is 1. The zero-order valence-corrected chi connectivity index (χ0v) is 15.1. The highest BCUT2D eigenvalue weighted by Gasteiger charge is 2.31. The van der Waals surface area contributed by atoms with Gasteiger partial charge in [-0.05, 0) is 56.6 Å². The Bertz CT molecular complexity index is 785. The number of rotatable bonds is 5. The molecule has 1 fully saturated rings. The lowest BCUT2D eigenvalue weighted by Gasteiger charge is -2.37. The first-order chi connectivity index (χ1) is 12.5. The van der Waals surface area contributed by atoms with E-state index in [0.717, 1.165) is 16.7 Å². The summed E-state index contributed by atoms with van der Waals surface area (Å²) in [5.74, 6) is -0.712. The Morgan fingerprint density at radius 2 is 1.96 bits per heavy atom. The van der Waals surface area contributed by atoms with Gasteiger partial charge in [0.2, 0.25) is 0 Å². The Kier molecular flexibility index (Phi) is 5.57. The number of carboxylic acids is 1. The van der Waals surface area contributed by atoms with Gasteiger partial charge in [-0.25, -0.2) is 4.39 Å². The van der Waals surface area contributed by atoms with E-state index in [1.165, 1.54) is 12.1 Å². The van der Waals surface area contributed by atoms with Gasteiger partial charge in [0.1, 0.15) is 11.6 Å². The van der Waals surface area contributed by atoms with E-state index in [1.807, 2.05) is 25.1 Å². The lowest BCUT2D eigenvalue weighted by atomic mass is 9.90. The van der Waals surface area contributed by atoms with E-state index in [1.54, 1.807) is 13.2 Å². The van der Waals surface area contributed by atoms with Crippen LogP contribution < -0.4 is 4.74 Å². The van der Waals surface area contributed by atoms with Crippen LogP contribution in [0.3, 0.4) is 0 Å². The average Bonchev–Trinajstić information content (AvgIpc) is 2.63. The second-order valence-corrected chi connectivity index (χ2v) is 6.85. The number of aliphatic carboxylic acids is 1. The molecule has 2 aromatic carbocycles. The number of carbonyl (C=O) groups is 1. The van der Waals surface area contributed by atoms with Gasteiger partial charge < -0.3 is 9.84 Å². The molecule has 0 saturated carbocycles. The standard InChI is InChI=1S/C21H24FNO3/c1-14-4-3-5-16(12-14)20(18-13-17(22)6-7-19(18)26-2)23-10-8-15(9-11-23)21(24)25/h3-7,12-13,15,20H,8-11H2,1-2H3,(H,24,25). The van der Waals surface area contributed by atoms with Crippen molar-refractivity contribution in [1.82, 2.24) is 4.90 Å². The van der Waals surface area contributed by atoms with Crippen molar-refractivity contribution in [1.29, 1.82) is 0 Å². The number of hydrogen-bond donors (Lipinski definition) is 1. The Morgan fingerprint density at radius 1 is 1.23 bits per heavy atom. The van der Waals surface area contributed by atoms with Crippen molar-refractivity contribution in [3.05, 3.63) is 65.0 Å². The van der Waals surface area contributed by atoms with Crippen LogP contribution in [0.15, 0.2) is 42.5 Å². The van der Waals surface area contributed by atoms with Crippen LogP contribution in [0.5, 0.6) is 5.75 Å². The topological polar surface area (TPSA) is 49.8 Å². The molecule has 1 unspecified atom stereocenters. The fourth-order valence-corrected chi connectivity index (χ4v) is 3.75. The summed E-state index contributed by atoms with van der Waals surface area (Å²) in [4.78, 5) is 13.5. The van der Waals surface area contributed by atoms with E-state index in [4.69, 9.17) is 4.74 Å². The van der Waals surface area contributed by atoms with Crippen molar-refractivity contribution >= 4 is 5.97 Å². The minimum Gasteiger partial charge on any atom is -0.496 e. The van der Waals surface area contributed by atoms with Crippen molar-refractivity contribution in [2.24, 2.45) is 5.92 Å². The number of halogens is 1. The number of aryl methyl sites for hydroxylation is 1. The monoisotopic (exact) mass is 357 g/mol. The van der Waals surface area contributed by atoms with Gasteiger partial charge in [0.15, 0.2) is 0 Å². The Hall–Kier alpha value is -2.40. The average molecular weight is 357 g/mol. The first kappa shape index (κ1) is 18.4. The summed E-state index contributed by atoms with van der Waals surface area (Å²) in [6.45, 7) is 3.32. The van der Waals surface area contributed by atoms with E-state index in [9.17, 15) is 14.3 Å². The van der Waals surface area contributed by atoms with E-state index >= 15 is 0 Å². The molecule has 5 heteroatoms. The third-order valence-corrected chi connectivity index (χ3v) is 5.09. The fraction of sp³-hybridized carbons (Fsp3) is 0.381. The fourth-order valence-electron chi connectivity index (χ4n) is 3.75. The first-order valence-electron chi connectivity index (χ1n) is 8.86. The third-order valence-electron chi connectivity index (χ3n) is 5.09. The Labute approximate surface area is 153 Å². The van der Waals surface area contributed by atoms with E-state index < -0.39 is 5.97 Å². The second-order valence-electron chi connectivity index (χ2n) is 6.85.